The minimum Gasteiger partial charge on any atom is -0.370 e. The fourth-order valence-electron chi connectivity index (χ4n) is 1.28. The van der Waals surface area contributed by atoms with Crippen LogP contribution in [0.3, 0.4) is 0 Å². The van der Waals surface area contributed by atoms with Gasteiger partial charge in [0.15, 0.2) is 0 Å². The van der Waals surface area contributed by atoms with Gasteiger partial charge in [-0.05, 0) is 24.6 Å². The Morgan fingerprint density at radius 3 is 2.60 bits per heavy atom. The second kappa shape index (κ2) is 5.46. The van der Waals surface area contributed by atoms with Gasteiger partial charge in [0.05, 0.1) is 0 Å². The van der Waals surface area contributed by atoms with E-state index >= 15 is 0 Å². The number of nitrogens with two attached hydrogens (primary N) is 1. The van der Waals surface area contributed by atoms with E-state index in [4.69, 9.17) is 5.73 Å². The van der Waals surface area contributed by atoms with Gasteiger partial charge >= 0.3 is 0 Å². The van der Waals surface area contributed by atoms with E-state index in [2.05, 4.69) is 5.32 Å². The smallest absolute Gasteiger partial charge is 0.218 e. The molecule has 0 saturated carbocycles. The Balaban J connectivity index is 2.43. The van der Waals surface area contributed by atoms with E-state index in [0.717, 1.165) is 5.56 Å². The molecule has 1 aromatic carbocycles. The highest BCUT2D eigenvalue weighted by atomic mass is 19.1. The zero-order chi connectivity index (χ0) is 11.3. The van der Waals surface area contributed by atoms with Crippen molar-refractivity contribution in [2.45, 2.75) is 19.4 Å². The van der Waals surface area contributed by atoms with Gasteiger partial charge in [-0.25, -0.2) is 4.39 Å². The molecule has 1 atom stereocenters. The van der Waals surface area contributed by atoms with Crippen molar-refractivity contribution in [3.63, 3.8) is 0 Å². The molecule has 0 aliphatic rings. The van der Waals surface area contributed by atoms with Gasteiger partial charge in [-0.1, -0.05) is 12.1 Å². The SMILES string of the molecule is CC(NCCC(N)=O)c1ccc(F)cc1. The summed E-state index contributed by atoms with van der Waals surface area (Å²) < 4.78 is 12.6. The van der Waals surface area contributed by atoms with E-state index in [-0.39, 0.29) is 17.8 Å². The fraction of sp³-hybridized carbons (Fsp3) is 0.364. The van der Waals surface area contributed by atoms with Crippen LogP contribution < -0.4 is 11.1 Å². The molecule has 0 fully saturated rings. The number of carbonyl (C=O) groups is 1. The van der Waals surface area contributed by atoms with Crippen molar-refractivity contribution in [3.8, 4) is 0 Å². The van der Waals surface area contributed by atoms with Crippen LogP contribution in [0.4, 0.5) is 4.39 Å². The summed E-state index contributed by atoms with van der Waals surface area (Å²) in [6, 6.07) is 6.36. The molecule has 0 radical (unpaired) electrons. The van der Waals surface area contributed by atoms with Crippen molar-refractivity contribution in [1.82, 2.24) is 5.32 Å². The van der Waals surface area contributed by atoms with E-state index in [9.17, 15) is 9.18 Å². The topological polar surface area (TPSA) is 55.1 Å². The number of primary amides is 1. The molecule has 3 N–H and O–H groups in total. The average Bonchev–Trinajstić information content (AvgIpc) is 2.18. The lowest BCUT2D eigenvalue weighted by Gasteiger charge is -2.13. The van der Waals surface area contributed by atoms with Crippen LogP contribution in [-0.4, -0.2) is 12.5 Å². The van der Waals surface area contributed by atoms with Crippen molar-refractivity contribution >= 4 is 5.91 Å². The summed E-state index contributed by atoms with van der Waals surface area (Å²) in [6.45, 7) is 2.49. The molecule has 15 heavy (non-hydrogen) atoms. The van der Waals surface area contributed by atoms with E-state index in [1.165, 1.54) is 12.1 Å². The van der Waals surface area contributed by atoms with Crippen molar-refractivity contribution in [2.75, 3.05) is 6.54 Å². The predicted molar refractivity (Wildman–Crippen MR) is 56.6 cm³/mol. The standard InChI is InChI=1S/C11H15FN2O/c1-8(14-7-6-11(13)15)9-2-4-10(12)5-3-9/h2-5,8,14H,6-7H2,1H3,(H2,13,15). The Labute approximate surface area is 88.5 Å². The monoisotopic (exact) mass is 210 g/mol. The lowest BCUT2D eigenvalue weighted by Crippen LogP contribution is -2.24. The van der Waals surface area contributed by atoms with Crippen LogP contribution in [0.2, 0.25) is 0 Å². The van der Waals surface area contributed by atoms with E-state index < -0.39 is 0 Å². The highest BCUT2D eigenvalue weighted by Gasteiger charge is 2.04. The maximum absolute atomic E-state index is 12.6. The molecule has 0 aliphatic heterocycles. The Morgan fingerprint density at radius 1 is 1.47 bits per heavy atom. The number of amides is 1. The lowest BCUT2D eigenvalue weighted by atomic mass is 10.1. The fourth-order valence-corrected chi connectivity index (χ4v) is 1.28. The van der Waals surface area contributed by atoms with E-state index in [0.29, 0.717) is 13.0 Å². The average molecular weight is 210 g/mol. The maximum Gasteiger partial charge on any atom is 0.218 e. The third-order valence-corrected chi connectivity index (χ3v) is 2.19. The zero-order valence-corrected chi connectivity index (χ0v) is 8.66. The van der Waals surface area contributed by atoms with Crippen molar-refractivity contribution in [2.24, 2.45) is 5.73 Å². The molecule has 1 amide bonds. The molecule has 1 unspecified atom stereocenters. The molecule has 0 bridgehead atoms. The van der Waals surface area contributed by atoms with Crippen molar-refractivity contribution < 1.29 is 9.18 Å². The van der Waals surface area contributed by atoms with Crippen LogP contribution in [-0.2, 0) is 4.79 Å². The van der Waals surface area contributed by atoms with Gasteiger partial charge in [-0.3, -0.25) is 4.79 Å². The van der Waals surface area contributed by atoms with Crippen molar-refractivity contribution in [1.29, 1.82) is 0 Å². The van der Waals surface area contributed by atoms with Gasteiger partial charge in [0.1, 0.15) is 5.82 Å². The van der Waals surface area contributed by atoms with Gasteiger partial charge in [-0.2, -0.15) is 0 Å². The third kappa shape index (κ3) is 4.08. The predicted octanol–water partition coefficient (Wildman–Crippen LogP) is 1.35. The number of rotatable bonds is 5. The Morgan fingerprint density at radius 2 is 2.07 bits per heavy atom. The van der Waals surface area contributed by atoms with Gasteiger partial charge in [-0.15, -0.1) is 0 Å². The van der Waals surface area contributed by atoms with Gasteiger partial charge < -0.3 is 11.1 Å². The normalized spacial score (nSPS) is 12.4. The molecule has 82 valence electrons. The first-order chi connectivity index (χ1) is 7.09. The number of halogens is 1. The van der Waals surface area contributed by atoms with Gasteiger partial charge in [0.2, 0.25) is 5.91 Å². The van der Waals surface area contributed by atoms with Crippen LogP contribution >= 0.6 is 0 Å². The summed E-state index contributed by atoms with van der Waals surface area (Å²) in [7, 11) is 0. The van der Waals surface area contributed by atoms with Crippen molar-refractivity contribution in [3.05, 3.63) is 35.6 Å². The van der Waals surface area contributed by atoms with E-state index in [1.54, 1.807) is 12.1 Å². The van der Waals surface area contributed by atoms with Crippen LogP contribution in [0.5, 0.6) is 0 Å². The van der Waals surface area contributed by atoms with Crippen LogP contribution in [0.1, 0.15) is 24.9 Å². The van der Waals surface area contributed by atoms with Crippen LogP contribution in [0, 0.1) is 5.82 Å². The molecule has 3 nitrogen and oxygen atoms in total. The molecule has 0 heterocycles. The first-order valence-electron chi connectivity index (χ1n) is 4.86. The summed E-state index contributed by atoms with van der Waals surface area (Å²) in [5.74, 6) is -0.572. The first-order valence-corrected chi connectivity index (χ1v) is 4.86. The molecule has 0 aromatic heterocycles. The summed E-state index contributed by atoms with van der Waals surface area (Å²) in [6.07, 6.45) is 0.311. The maximum atomic E-state index is 12.6. The summed E-state index contributed by atoms with van der Waals surface area (Å²) >= 11 is 0. The zero-order valence-electron chi connectivity index (χ0n) is 8.66. The quantitative estimate of drug-likeness (QED) is 0.770. The molecule has 0 aliphatic carbocycles. The third-order valence-electron chi connectivity index (χ3n) is 2.19. The summed E-state index contributed by atoms with van der Waals surface area (Å²) in [5.41, 5.74) is 6.00. The first kappa shape index (κ1) is 11.7. The molecule has 1 rings (SSSR count). The number of hydrogen-bond donors (Lipinski definition) is 2. The van der Waals surface area contributed by atoms with Crippen LogP contribution in [0.15, 0.2) is 24.3 Å². The number of carbonyl (C=O) groups excluding carboxylic acids is 1. The molecular weight excluding hydrogens is 195 g/mol. The minimum atomic E-state index is -0.325. The lowest BCUT2D eigenvalue weighted by molar-refractivity contribution is -0.117. The molecule has 0 spiro atoms. The Kier molecular flexibility index (Phi) is 4.24. The van der Waals surface area contributed by atoms with Crippen LogP contribution in [0.25, 0.3) is 0 Å². The molecule has 1 aromatic rings. The second-order valence-electron chi connectivity index (χ2n) is 3.44. The number of hydrogen-bond acceptors (Lipinski definition) is 2. The Bertz CT molecular complexity index is 324. The largest absolute Gasteiger partial charge is 0.370 e. The second-order valence-corrected chi connectivity index (χ2v) is 3.44. The molecule has 4 heteroatoms. The van der Waals surface area contributed by atoms with Gasteiger partial charge in [0, 0.05) is 19.0 Å². The van der Waals surface area contributed by atoms with Gasteiger partial charge in [0.25, 0.3) is 0 Å². The molecule has 0 saturated heterocycles. The minimum absolute atomic E-state index is 0.0879. The number of nitrogens with one attached hydrogen (secondary N) is 1. The molecular formula is C11H15FN2O. The highest BCUT2D eigenvalue weighted by molar-refractivity contribution is 5.73. The summed E-state index contributed by atoms with van der Waals surface area (Å²) in [5, 5.41) is 3.13. The number of benzene rings is 1. The summed E-state index contributed by atoms with van der Waals surface area (Å²) in [4.78, 5) is 10.5. The highest BCUT2D eigenvalue weighted by Crippen LogP contribution is 2.12. The van der Waals surface area contributed by atoms with E-state index in [1.807, 2.05) is 6.92 Å². The Hall–Kier alpha value is -1.42.